The van der Waals surface area contributed by atoms with Gasteiger partial charge in [-0.05, 0) is 0 Å². The third kappa shape index (κ3) is 3.55. The third-order valence-corrected chi connectivity index (χ3v) is 2.89. The Bertz CT molecular complexity index is 269. The fourth-order valence-electron chi connectivity index (χ4n) is 1.67. The molecule has 6 nitrogen and oxygen atoms in total. The maximum Gasteiger partial charge on any atom is 0.132 e. The average molecular weight is 249 g/mol. The highest BCUT2D eigenvalue weighted by Crippen LogP contribution is 2.39. The Hall–Kier alpha value is 0.0949. The summed E-state index contributed by atoms with van der Waals surface area (Å²) in [6, 6.07) is -0.721. The van der Waals surface area contributed by atoms with Crippen molar-refractivity contribution in [3.05, 3.63) is 0 Å². The molecule has 0 saturated carbocycles. The molecule has 8 heteroatoms. The van der Waals surface area contributed by atoms with Crippen molar-refractivity contribution in [3.8, 4) is 0 Å². The highest BCUT2D eigenvalue weighted by molar-refractivity contribution is 7.50. The zero-order chi connectivity index (χ0) is 12.3. The third-order valence-electron chi connectivity index (χ3n) is 2.26. The SMILES string of the molecule is [B][C@@H]1O[C@H](COC)[C@@H](OP(C)(=O)[O-])[C@H]1OC. The lowest BCUT2D eigenvalue weighted by atomic mass is 9.93. The van der Waals surface area contributed by atoms with Gasteiger partial charge in [-0.2, -0.15) is 0 Å². The van der Waals surface area contributed by atoms with E-state index in [9.17, 15) is 9.46 Å². The first-order valence-corrected chi connectivity index (χ1v) is 6.77. The van der Waals surface area contributed by atoms with Crippen LogP contribution in [0, 0.1) is 0 Å². The van der Waals surface area contributed by atoms with E-state index in [4.69, 9.17) is 26.6 Å². The molecule has 1 aliphatic rings. The normalized spacial score (nSPS) is 38.5. The maximum atomic E-state index is 11.1. The molecule has 16 heavy (non-hydrogen) atoms. The Morgan fingerprint density at radius 2 is 2.06 bits per heavy atom. The van der Waals surface area contributed by atoms with Crippen LogP contribution in [0.3, 0.4) is 0 Å². The highest BCUT2D eigenvalue weighted by Gasteiger charge is 2.44. The molecule has 1 aliphatic heterocycles. The Morgan fingerprint density at radius 3 is 2.50 bits per heavy atom. The monoisotopic (exact) mass is 249 g/mol. The van der Waals surface area contributed by atoms with E-state index in [2.05, 4.69) is 0 Å². The Labute approximate surface area is 96.2 Å². The Balaban J connectivity index is 2.75. The van der Waals surface area contributed by atoms with Crippen molar-refractivity contribution in [2.75, 3.05) is 27.5 Å². The van der Waals surface area contributed by atoms with Crippen LogP contribution in [-0.2, 0) is 23.3 Å². The van der Waals surface area contributed by atoms with E-state index in [1.807, 2.05) is 0 Å². The van der Waals surface area contributed by atoms with Crippen molar-refractivity contribution in [1.82, 2.24) is 0 Å². The molecule has 0 aromatic heterocycles. The molecule has 2 radical (unpaired) electrons. The van der Waals surface area contributed by atoms with Gasteiger partial charge in [0.15, 0.2) is 0 Å². The summed E-state index contributed by atoms with van der Waals surface area (Å²) in [7, 11) is 4.67. The van der Waals surface area contributed by atoms with Gasteiger partial charge in [-0.25, -0.2) is 0 Å². The van der Waals surface area contributed by atoms with Gasteiger partial charge in [0.05, 0.1) is 6.61 Å². The minimum absolute atomic E-state index is 0.193. The van der Waals surface area contributed by atoms with Crippen molar-refractivity contribution < 1.29 is 28.2 Å². The molecular weight excluding hydrogens is 234 g/mol. The highest BCUT2D eigenvalue weighted by atomic mass is 31.2. The van der Waals surface area contributed by atoms with E-state index >= 15 is 0 Å². The molecule has 1 heterocycles. The van der Waals surface area contributed by atoms with Crippen molar-refractivity contribution in [2.24, 2.45) is 0 Å². The first-order valence-electron chi connectivity index (χ1n) is 4.78. The number of methoxy groups -OCH3 is 2. The quantitative estimate of drug-likeness (QED) is 0.464. The summed E-state index contributed by atoms with van der Waals surface area (Å²) < 4.78 is 31.3. The summed E-state index contributed by atoms with van der Waals surface area (Å²) in [5, 5.41) is 0. The van der Waals surface area contributed by atoms with Crippen LogP contribution in [0.25, 0.3) is 0 Å². The molecule has 1 unspecified atom stereocenters. The molecule has 0 bridgehead atoms. The molecule has 1 rings (SSSR count). The number of ether oxygens (including phenoxy) is 3. The van der Waals surface area contributed by atoms with E-state index in [-0.39, 0.29) is 6.61 Å². The predicted molar refractivity (Wildman–Crippen MR) is 55.5 cm³/mol. The van der Waals surface area contributed by atoms with Gasteiger partial charge in [0.2, 0.25) is 0 Å². The summed E-state index contributed by atoms with van der Waals surface area (Å²) in [5.74, 6) is 0. The zero-order valence-electron chi connectivity index (χ0n) is 9.49. The molecule has 0 aromatic carbocycles. The van der Waals surface area contributed by atoms with Crippen LogP contribution in [0.4, 0.5) is 0 Å². The zero-order valence-corrected chi connectivity index (χ0v) is 10.4. The van der Waals surface area contributed by atoms with Gasteiger partial charge in [0.1, 0.15) is 33.8 Å². The van der Waals surface area contributed by atoms with Crippen LogP contribution in [0.1, 0.15) is 0 Å². The average Bonchev–Trinajstić information content (AvgIpc) is 2.41. The molecule has 0 aromatic rings. The first-order chi connectivity index (χ1) is 7.39. The van der Waals surface area contributed by atoms with E-state index in [1.165, 1.54) is 14.2 Å². The molecule has 1 fully saturated rings. The summed E-state index contributed by atoms with van der Waals surface area (Å²) >= 11 is 0. The van der Waals surface area contributed by atoms with Gasteiger partial charge in [-0.1, -0.05) is 0 Å². The van der Waals surface area contributed by atoms with Gasteiger partial charge in [-0.3, -0.25) is 0 Å². The maximum absolute atomic E-state index is 11.1. The lowest BCUT2D eigenvalue weighted by Crippen LogP contribution is -2.38. The molecule has 0 spiro atoms. The minimum Gasteiger partial charge on any atom is -0.779 e. The fourth-order valence-corrected chi connectivity index (χ4v) is 2.37. The lowest BCUT2D eigenvalue weighted by Gasteiger charge is -2.28. The molecule has 0 aliphatic carbocycles. The Morgan fingerprint density at radius 1 is 1.44 bits per heavy atom. The number of hydrogen-bond donors (Lipinski definition) is 0. The van der Waals surface area contributed by atoms with Gasteiger partial charge in [0.25, 0.3) is 0 Å². The van der Waals surface area contributed by atoms with E-state index in [0.717, 1.165) is 6.66 Å². The van der Waals surface area contributed by atoms with Crippen molar-refractivity contribution >= 4 is 15.4 Å². The van der Waals surface area contributed by atoms with Gasteiger partial charge in [-0.15, -0.1) is 0 Å². The van der Waals surface area contributed by atoms with Gasteiger partial charge >= 0.3 is 0 Å². The topological polar surface area (TPSA) is 77.1 Å². The van der Waals surface area contributed by atoms with Gasteiger partial charge in [0, 0.05) is 26.9 Å². The summed E-state index contributed by atoms with van der Waals surface area (Å²) in [5.41, 5.74) is 0. The second-order valence-corrected chi connectivity index (χ2v) is 5.39. The van der Waals surface area contributed by atoms with Crippen molar-refractivity contribution in [1.29, 1.82) is 0 Å². The van der Waals surface area contributed by atoms with Gasteiger partial charge < -0.3 is 28.2 Å². The lowest BCUT2D eigenvalue weighted by molar-refractivity contribution is -0.205. The van der Waals surface area contributed by atoms with Crippen LogP contribution in [0.5, 0.6) is 0 Å². The van der Waals surface area contributed by atoms with Crippen LogP contribution >= 0.6 is 7.60 Å². The summed E-state index contributed by atoms with van der Waals surface area (Å²) in [6.45, 7) is 1.19. The first kappa shape index (κ1) is 14.2. The van der Waals surface area contributed by atoms with Crippen LogP contribution in [0.15, 0.2) is 0 Å². The minimum atomic E-state index is -3.87. The standard InChI is InChI=1S/C8H16BO6P/c1-12-4-5-6(15-16(3,10)11)7(13-2)8(9)14-5/h5-8H,4H2,1-3H3,(H,10,11)/p-1/t5-,6-,7-,8-/m1/s1. The predicted octanol–water partition coefficient (Wildman–Crippen LogP) is -0.890. The van der Waals surface area contributed by atoms with Crippen LogP contribution in [-0.4, -0.2) is 59.7 Å². The number of rotatable bonds is 5. The molecular formula is C8H15BO6P-. The van der Waals surface area contributed by atoms with E-state index in [1.54, 1.807) is 0 Å². The Kier molecular flexibility index (Phi) is 4.97. The second-order valence-electron chi connectivity index (χ2n) is 3.64. The van der Waals surface area contributed by atoms with Crippen LogP contribution in [0.2, 0.25) is 0 Å². The molecule has 0 amide bonds. The summed E-state index contributed by atoms with van der Waals surface area (Å²) in [4.78, 5) is 11.1. The smallest absolute Gasteiger partial charge is 0.132 e. The van der Waals surface area contributed by atoms with Crippen molar-refractivity contribution in [3.63, 3.8) is 0 Å². The fraction of sp³-hybridized carbons (Fsp3) is 1.00. The molecule has 1 saturated heterocycles. The van der Waals surface area contributed by atoms with E-state index in [0.29, 0.717) is 0 Å². The van der Waals surface area contributed by atoms with E-state index < -0.39 is 31.9 Å². The number of hydrogen-bond acceptors (Lipinski definition) is 6. The second kappa shape index (κ2) is 5.62. The van der Waals surface area contributed by atoms with Crippen molar-refractivity contribution in [2.45, 2.75) is 24.3 Å². The largest absolute Gasteiger partial charge is 0.779 e. The molecule has 92 valence electrons. The molecule has 5 atom stereocenters. The summed E-state index contributed by atoms with van der Waals surface area (Å²) in [6.07, 6.45) is -1.94. The molecule has 0 N–H and O–H groups in total. The van der Waals surface area contributed by atoms with Crippen LogP contribution < -0.4 is 4.89 Å².